The van der Waals surface area contributed by atoms with Crippen LogP contribution in [0, 0.1) is 5.41 Å². The van der Waals surface area contributed by atoms with E-state index in [2.05, 4.69) is 0 Å². The molecule has 1 aromatic rings. The van der Waals surface area contributed by atoms with Crippen molar-refractivity contribution in [2.45, 2.75) is 33.1 Å². The third-order valence-corrected chi connectivity index (χ3v) is 4.34. The minimum absolute atomic E-state index is 0.182. The van der Waals surface area contributed by atoms with Gasteiger partial charge in [0.1, 0.15) is 13.4 Å². The van der Waals surface area contributed by atoms with E-state index >= 15 is 0 Å². The molecule has 0 bridgehead atoms. The van der Waals surface area contributed by atoms with E-state index in [0.717, 1.165) is 19.3 Å². The van der Waals surface area contributed by atoms with E-state index in [9.17, 15) is 9.59 Å². The fourth-order valence-corrected chi connectivity index (χ4v) is 2.53. The zero-order valence-electron chi connectivity index (χ0n) is 14.9. The molecule has 1 aliphatic heterocycles. The number of carbonyl (C=O) groups is 2. The molecule has 0 aliphatic carbocycles. The Balaban J connectivity index is 2.02. The highest BCUT2D eigenvalue weighted by molar-refractivity contribution is 6.03. The van der Waals surface area contributed by atoms with Gasteiger partial charge < -0.3 is 18.9 Å². The summed E-state index contributed by atoms with van der Waals surface area (Å²) in [5.74, 6) is -1.04. The van der Waals surface area contributed by atoms with Crippen LogP contribution in [0.25, 0.3) is 0 Å². The van der Waals surface area contributed by atoms with E-state index in [1.54, 1.807) is 24.3 Å². The molecule has 0 radical (unpaired) electrons. The summed E-state index contributed by atoms with van der Waals surface area (Å²) in [7, 11) is 0. The highest BCUT2D eigenvalue weighted by Crippen LogP contribution is 2.27. The lowest BCUT2D eigenvalue weighted by atomic mass is 9.87. The number of hydrogen-bond acceptors (Lipinski definition) is 6. The van der Waals surface area contributed by atoms with Crippen LogP contribution in [0.15, 0.2) is 24.3 Å². The molecule has 1 aliphatic rings. The highest BCUT2D eigenvalue weighted by Gasteiger charge is 2.34. The summed E-state index contributed by atoms with van der Waals surface area (Å²) in [5, 5.41) is 0. The molecule has 0 unspecified atom stereocenters. The van der Waals surface area contributed by atoms with Crippen LogP contribution in [-0.4, -0.2) is 45.2 Å². The first-order valence-corrected chi connectivity index (χ1v) is 8.70. The molecule has 6 heteroatoms. The van der Waals surface area contributed by atoms with E-state index in [0.29, 0.717) is 19.8 Å². The average Bonchev–Trinajstić information content (AvgIpc) is 2.67. The zero-order valence-corrected chi connectivity index (χ0v) is 14.9. The number of ether oxygens (including phenoxy) is 4. The van der Waals surface area contributed by atoms with Gasteiger partial charge in [-0.3, -0.25) is 0 Å². The first-order chi connectivity index (χ1) is 12.1. The van der Waals surface area contributed by atoms with Gasteiger partial charge in [0, 0.05) is 0 Å². The maximum Gasteiger partial charge on any atom is 0.339 e. The Morgan fingerprint density at radius 2 is 1.64 bits per heavy atom. The molecule has 0 atom stereocenters. The monoisotopic (exact) mass is 350 g/mol. The second kappa shape index (κ2) is 9.53. The molecule has 1 heterocycles. The summed E-state index contributed by atoms with van der Waals surface area (Å²) >= 11 is 0. The molecular formula is C19H26O6. The quantitative estimate of drug-likeness (QED) is 0.530. The van der Waals surface area contributed by atoms with Crippen molar-refractivity contribution in [2.24, 2.45) is 5.41 Å². The first kappa shape index (κ1) is 19.4. The molecule has 6 nitrogen and oxygen atoms in total. The van der Waals surface area contributed by atoms with Gasteiger partial charge in [0.2, 0.25) is 0 Å². The number of benzene rings is 1. The van der Waals surface area contributed by atoms with E-state index in [1.165, 1.54) is 0 Å². The van der Waals surface area contributed by atoms with Crippen molar-refractivity contribution in [3.05, 3.63) is 35.4 Å². The summed E-state index contributed by atoms with van der Waals surface area (Å²) in [6.45, 7) is 5.78. The Labute approximate surface area is 148 Å². The molecule has 0 N–H and O–H groups in total. The second-order valence-corrected chi connectivity index (χ2v) is 6.28. The average molecular weight is 350 g/mol. The fourth-order valence-electron chi connectivity index (χ4n) is 2.53. The number of hydrogen-bond donors (Lipinski definition) is 0. The van der Waals surface area contributed by atoms with Crippen molar-refractivity contribution < 1.29 is 28.5 Å². The molecule has 1 fully saturated rings. The van der Waals surface area contributed by atoms with Crippen LogP contribution in [0.2, 0.25) is 0 Å². The topological polar surface area (TPSA) is 71.1 Å². The second-order valence-electron chi connectivity index (χ2n) is 6.28. The van der Waals surface area contributed by atoms with Crippen molar-refractivity contribution >= 4 is 11.9 Å². The smallest absolute Gasteiger partial charge is 0.339 e. The summed E-state index contributed by atoms with van der Waals surface area (Å²) in [5.41, 5.74) is 0.100. The van der Waals surface area contributed by atoms with Crippen LogP contribution in [0.4, 0.5) is 0 Å². The molecule has 25 heavy (non-hydrogen) atoms. The summed E-state index contributed by atoms with van der Waals surface area (Å²) in [4.78, 5) is 24.7. The fraction of sp³-hybridized carbons (Fsp3) is 0.579. The molecule has 0 amide bonds. The van der Waals surface area contributed by atoms with Gasteiger partial charge in [-0.2, -0.15) is 0 Å². The number of carbonyl (C=O) groups excluding carboxylic acids is 2. The van der Waals surface area contributed by atoms with Gasteiger partial charge in [-0.15, -0.1) is 0 Å². The maximum absolute atomic E-state index is 12.5. The number of esters is 2. The van der Waals surface area contributed by atoms with E-state index < -0.39 is 11.9 Å². The van der Waals surface area contributed by atoms with Crippen molar-refractivity contribution in [1.82, 2.24) is 0 Å². The Hall–Kier alpha value is -1.92. The minimum atomic E-state index is -0.540. The minimum Gasteiger partial charge on any atom is -0.462 e. The molecular weight excluding hydrogens is 324 g/mol. The Morgan fingerprint density at radius 1 is 1.04 bits per heavy atom. The maximum atomic E-state index is 12.5. The molecule has 0 saturated carbocycles. The predicted molar refractivity (Wildman–Crippen MR) is 91.4 cm³/mol. The van der Waals surface area contributed by atoms with E-state index in [1.807, 2.05) is 13.8 Å². The van der Waals surface area contributed by atoms with Crippen LogP contribution in [0.1, 0.15) is 53.8 Å². The number of rotatable bonds is 8. The number of unbranched alkanes of at least 4 members (excludes halogenated alkanes) is 1. The molecule has 1 aromatic carbocycles. The third kappa shape index (κ3) is 5.28. The zero-order chi connectivity index (χ0) is 18.1. The van der Waals surface area contributed by atoms with Crippen molar-refractivity contribution in [2.75, 3.05) is 33.2 Å². The van der Waals surface area contributed by atoms with Gasteiger partial charge in [-0.05, 0) is 25.0 Å². The summed E-state index contributed by atoms with van der Waals surface area (Å²) < 4.78 is 21.4. The van der Waals surface area contributed by atoms with Crippen LogP contribution in [0.5, 0.6) is 0 Å². The molecule has 0 aromatic heterocycles. The van der Waals surface area contributed by atoms with Gasteiger partial charge in [0.15, 0.2) is 0 Å². The lowest BCUT2D eigenvalue weighted by molar-refractivity contribution is -0.177. The van der Waals surface area contributed by atoms with E-state index in [-0.39, 0.29) is 29.9 Å². The van der Waals surface area contributed by atoms with Crippen LogP contribution in [-0.2, 0) is 18.9 Å². The SMILES string of the molecule is CCCCOC(=O)c1ccccc1C(=O)OCC1(CC)COCOC1. The normalized spacial score (nSPS) is 16.2. The summed E-state index contributed by atoms with van der Waals surface area (Å²) in [6, 6.07) is 6.55. The van der Waals surface area contributed by atoms with Gasteiger partial charge in [0.05, 0.1) is 36.4 Å². The lowest BCUT2D eigenvalue weighted by Crippen LogP contribution is -2.41. The van der Waals surface area contributed by atoms with Crippen LogP contribution < -0.4 is 0 Å². The molecule has 138 valence electrons. The first-order valence-electron chi connectivity index (χ1n) is 8.70. The van der Waals surface area contributed by atoms with Crippen molar-refractivity contribution in [3.63, 3.8) is 0 Å². The standard InChI is InChI=1S/C19H26O6/c1-3-5-10-24-17(20)15-8-6-7-9-16(15)18(21)25-13-19(4-2)11-22-14-23-12-19/h6-9H,3-5,10-14H2,1-2H3. The van der Waals surface area contributed by atoms with E-state index in [4.69, 9.17) is 18.9 Å². The largest absolute Gasteiger partial charge is 0.462 e. The molecule has 0 spiro atoms. The highest BCUT2D eigenvalue weighted by atomic mass is 16.7. The Kier molecular flexibility index (Phi) is 7.40. The van der Waals surface area contributed by atoms with Crippen molar-refractivity contribution in [1.29, 1.82) is 0 Å². The Bertz CT molecular complexity index is 577. The van der Waals surface area contributed by atoms with Crippen LogP contribution in [0.3, 0.4) is 0 Å². The van der Waals surface area contributed by atoms with Gasteiger partial charge >= 0.3 is 11.9 Å². The van der Waals surface area contributed by atoms with Gasteiger partial charge in [-0.1, -0.05) is 32.4 Å². The van der Waals surface area contributed by atoms with Gasteiger partial charge in [-0.25, -0.2) is 9.59 Å². The third-order valence-electron chi connectivity index (χ3n) is 4.34. The van der Waals surface area contributed by atoms with Crippen molar-refractivity contribution in [3.8, 4) is 0 Å². The molecule has 1 saturated heterocycles. The Morgan fingerprint density at radius 3 is 2.20 bits per heavy atom. The van der Waals surface area contributed by atoms with Crippen LogP contribution >= 0.6 is 0 Å². The predicted octanol–water partition coefficient (Wildman–Crippen LogP) is 3.20. The summed E-state index contributed by atoms with van der Waals surface area (Å²) in [6.07, 6.45) is 2.48. The lowest BCUT2D eigenvalue weighted by Gasteiger charge is -2.35. The molecule has 2 rings (SSSR count). The van der Waals surface area contributed by atoms with Gasteiger partial charge in [0.25, 0.3) is 0 Å².